The maximum Gasteiger partial charge on any atom is 0.159 e. The van der Waals surface area contributed by atoms with Gasteiger partial charge in [-0.15, -0.1) is 0 Å². The number of fused-ring (bicyclic) bond motifs is 1. The van der Waals surface area contributed by atoms with Gasteiger partial charge in [-0.3, -0.25) is 4.98 Å². The molecule has 174 valence electrons. The first-order chi connectivity index (χ1) is 16.1. The van der Waals surface area contributed by atoms with Gasteiger partial charge in [0.2, 0.25) is 0 Å². The van der Waals surface area contributed by atoms with Gasteiger partial charge in [0.05, 0.1) is 22.3 Å². The van der Waals surface area contributed by atoms with Gasteiger partial charge >= 0.3 is 0 Å². The standard InChI is InChI=1S/C25H22ClF2N5O/c1-5-14-6-7-18(27)16(8-14)13(2)32-22-17(26)12-29-20-9-19(28)21(33-23(20)22)15-10-30-24(31-11-15)25(3,4)34/h5-13,34H,1H2,2-4H3,(H,29,32). The molecule has 0 aliphatic rings. The fourth-order valence-electron chi connectivity index (χ4n) is 3.49. The van der Waals surface area contributed by atoms with E-state index in [2.05, 4.69) is 31.8 Å². The summed E-state index contributed by atoms with van der Waals surface area (Å²) in [6.07, 6.45) is 5.80. The Morgan fingerprint density at radius 1 is 1.09 bits per heavy atom. The minimum atomic E-state index is -1.24. The highest BCUT2D eigenvalue weighted by molar-refractivity contribution is 6.34. The molecule has 3 heterocycles. The molecular weight excluding hydrogens is 460 g/mol. The zero-order chi connectivity index (χ0) is 24.6. The summed E-state index contributed by atoms with van der Waals surface area (Å²) in [5.41, 5.74) is 1.22. The highest BCUT2D eigenvalue weighted by Gasteiger charge is 2.21. The fraction of sp³-hybridized carbons (Fsp3) is 0.200. The summed E-state index contributed by atoms with van der Waals surface area (Å²) in [5.74, 6) is -0.809. The Morgan fingerprint density at radius 2 is 1.79 bits per heavy atom. The Hall–Kier alpha value is -3.49. The summed E-state index contributed by atoms with van der Waals surface area (Å²) in [7, 11) is 0. The first-order valence-electron chi connectivity index (χ1n) is 10.5. The van der Waals surface area contributed by atoms with Gasteiger partial charge in [0, 0.05) is 35.8 Å². The number of nitrogens with one attached hydrogen (secondary N) is 1. The number of aliphatic hydroxyl groups is 1. The predicted octanol–water partition coefficient (Wildman–Crippen LogP) is 6.06. The minimum Gasteiger partial charge on any atom is -0.382 e. The molecule has 3 aromatic heterocycles. The van der Waals surface area contributed by atoms with E-state index in [9.17, 15) is 13.9 Å². The van der Waals surface area contributed by atoms with E-state index >= 15 is 0 Å². The molecule has 1 unspecified atom stereocenters. The maximum absolute atomic E-state index is 14.9. The van der Waals surface area contributed by atoms with Gasteiger partial charge < -0.3 is 10.4 Å². The molecular formula is C25H22ClF2N5O. The van der Waals surface area contributed by atoms with Crippen LogP contribution in [-0.2, 0) is 5.60 Å². The number of hydrogen-bond donors (Lipinski definition) is 2. The monoisotopic (exact) mass is 481 g/mol. The molecule has 4 aromatic rings. The van der Waals surface area contributed by atoms with E-state index in [-0.39, 0.29) is 27.9 Å². The van der Waals surface area contributed by atoms with Crippen molar-refractivity contribution in [2.75, 3.05) is 5.32 Å². The molecule has 0 fully saturated rings. The molecule has 0 saturated carbocycles. The smallest absolute Gasteiger partial charge is 0.159 e. The summed E-state index contributed by atoms with van der Waals surface area (Å²) < 4.78 is 29.4. The lowest BCUT2D eigenvalue weighted by Gasteiger charge is -2.19. The number of pyridine rings is 2. The topological polar surface area (TPSA) is 83.8 Å². The molecule has 0 amide bonds. The van der Waals surface area contributed by atoms with Crippen LogP contribution in [0.2, 0.25) is 5.02 Å². The predicted molar refractivity (Wildman–Crippen MR) is 129 cm³/mol. The van der Waals surface area contributed by atoms with Crippen molar-refractivity contribution in [3.05, 3.63) is 83.0 Å². The van der Waals surface area contributed by atoms with Crippen molar-refractivity contribution >= 4 is 34.4 Å². The van der Waals surface area contributed by atoms with Gasteiger partial charge in [0.15, 0.2) is 11.6 Å². The van der Waals surface area contributed by atoms with Gasteiger partial charge in [0.1, 0.15) is 22.6 Å². The Kier molecular flexibility index (Phi) is 6.29. The van der Waals surface area contributed by atoms with Crippen LogP contribution in [0.3, 0.4) is 0 Å². The zero-order valence-corrected chi connectivity index (χ0v) is 19.5. The second-order valence-corrected chi connectivity index (χ2v) is 8.78. The molecule has 4 rings (SSSR count). The number of aromatic nitrogens is 4. The van der Waals surface area contributed by atoms with E-state index in [1.54, 1.807) is 39.0 Å². The van der Waals surface area contributed by atoms with Crippen molar-refractivity contribution in [3.8, 4) is 11.3 Å². The number of hydrogen-bond acceptors (Lipinski definition) is 6. The van der Waals surface area contributed by atoms with E-state index in [0.717, 1.165) is 5.56 Å². The van der Waals surface area contributed by atoms with Crippen LogP contribution in [0.4, 0.5) is 14.5 Å². The third kappa shape index (κ3) is 4.60. The average molecular weight is 482 g/mol. The van der Waals surface area contributed by atoms with Crippen molar-refractivity contribution in [3.63, 3.8) is 0 Å². The second-order valence-electron chi connectivity index (χ2n) is 8.37. The van der Waals surface area contributed by atoms with Gasteiger partial charge in [-0.25, -0.2) is 23.7 Å². The van der Waals surface area contributed by atoms with E-state index in [0.29, 0.717) is 22.3 Å². The van der Waals surface area contributed by atoms with Gasteiger partial charge in [0.25, 0.3) is 0 Å². The lowest BCUT2D eigenvalue weighted by molar-refractivity contribution is 0.0687. The highest BCUT2D eigenvalue weighted by atomic mass is 35.5. The van der Waals surface area contributed by atoms with Crippen LogP contribution < -0.4 is 5.32 Å². The fourth-order valence-corrected chi connectivity index (χ4v) is 3.68. The van der Waals surface area contributed by atoms with Crippen LogP contribution in [0.5, 0.6) is 0 Å². The molecule has 0 aliphatic heterocycles. The zero-order valence-electron chi connectivity index (χ0n) is 18.8. The third-order valence-electron chi connectivity index (χ3n) is 5.30. The van der Waals surface area contributed by atoms with E-state index in [4.69, 9.17) is 11.6 Å². The van der Waals surface area contributed by atoms with Crippen LogP contribution in [0.25, 0.3) is 28.4 Å². The van der Waals surface area contributed by atoms with Crippen LogP contribution in [0.1, 0.15) is 43.8 Å². The summed E-state index contributed by atoms with van der Waals surface area (Å²) in [6, 6.07) is 5.45. The Labute approximate surface area is 200 Å². The first kappa shape index (κ1) is 23.7. The summed E-state index contributed by atoms with van der Waals surface area (Å²) in [6.45, 7) is 8.61. The maximum atomic E-state index is 14.9. The van der Waals surface area contributed by atoms with Crippen LogP contribution >= 0.6 is 11.6 Å². The third-order valence-corrected chi connectivity index (χ3v) is 5.59. The Morgan fingerprint density at radius 3 is 2.44 bits per heavy atom. The molecule has 1 atom stereocenters. The highest BCUT2D eigenvalue weighted by Crippen LogP contribution is 2.34. The van der Waals surface area contributed by atoms with Crippen molar-refractivity contribution in [1.29, 1.82) is 0 Å². The Bertz CT molecular complexity index is 1390. The lowest BCUT2D eigenvalue weighted by atomic mass is 10.0. The van der Waals surface area contributed by atoms with Gasteiger partial charge in [-0.1, -0.05) is 30.3 Å². The summed E-state index contributed by atoms with van der Waals surface area (Å²) >= 11 is 6.42. The lowest BCUT2D eigenvalue weighted by Crippen LogP contribution is -2.19. The SMILES string of the molecule is C=Cc1ccc(F)c(C(C)Nc2c(Cl)cnc3cc(F)c(-c4cnc(C(C)(C)O)nc4)nc23)c1. The molecule has 34 heavy (non-hydrogen) atoms. The van der Waals surface area contributed by atoms with E-state index in [1.165, 1.54) is 30.7 Å². The van der Waals surface area contributed by atoms with Gasteiger partial charge in [-0.2, -0.15) is 0 Å². The number of nitrogens with zero attached hydrogens (tertiary/aromatic N) is 4. The van der Waals surface area contributed by atoms with Crippen LogP contribution in [0.15, 0.2) is 49.4 Å². The molecule has 0 aliphatic carbocycles. The molecule has 0 saturated heterocycles. The number of anilines is 1. The normalized spacial score (nSPS) is 12.6. The molecule has 0 spiro atoms. The molecule has 0 radical (unpaired) electrons. The molecule has 6 nitrogen and oxygen atoms in total. The average Bonchev–Trinajstić information content (AvgIpc) is 2.80. The minimum absolute atomic E-state index is 0.00518. The summed E-state index contributed by atoms with van der Waals surface area (Å²) in [4.78, 5) is 16.9. The van der Waals surface area contributed by atoms with Crippen LogP contribution in [-0.4, -0.2) is 25.0 Å². The summed E-state index contributed by atoms with van der Waals surface area (Å²) in [5, 5.41) is 13.5. The van der Waals surface area contributed by atoms with Crippen LogP contribution in [0, 0.1) is 11.6 Å². The molecule has 2 N–H and O–H groups in total. The van der Waals surface area contributed by atoms with E-state index < -0.39 is 17.5 Å². The number of halogens is 3. The Balaban J connectivity index is 1.79. The second kappa shape index (κ2) is 9.04. The van der Waals surface area contributed by atoms with Crippen molar-refractivity contribution in [2.24, 2.45) is 0 Å². The molecule has 1 aromatic carbocycles. The molecule has 9 heteroatoms. The molecule has 0 bridgehead atoms. The van der Waals surface area contributed by atoms with Crippen molar-refractivity contribution < 1.29 is 13.9 Å². The van der Waals surface area contributed by atoms with Gasteiger partial charge in [-0.05, 0) is 38.5 Å². The largest absolute Gasteiger partial charge is 0.382 e. The quantitative estimate of drug-likeness (QED) is 0.348. The van der Waals surface area contributed by atoms with Crippen molar-refractivity contribution in [2.45, 2.75) is 32.4 Å². The van der Waals surface area contributed by atoms with Crippen molar-refractivity contribution in [1.82, 2.24) is 19.9 Å². The number of rotatable bonds is 6. The van der Waals surface area contributed by atoms with E-state index in [1.807, 2.05) is 0 Å². The number of benzene rings is 1. The first-order valence-corrected chi connectivity index (χ1v) is 10.8.